The molecule has 2 N–H and O–H groups in total. The van der Waals surface area contributed by atoms with E-state index in [9.17, 15) is 14.4 Å². The highest BCUT2D eigenvalue weighted by Gasteiger charge is 2.17. The molecular formula is C16H12O6. The average Bonchev–Trinajstić information content (AvgIpc) is 2.47. The van der Waals surface area contributed by atoms with Crippen LogP contribution in [0, 0.1) is 0 Å². The number of carboxylic acid groups (broad SMARTS) is 2. The van der Waals surface area contributed by atoms with Crippen LogP contribution in [0.3, 0.4) is 0 Å². The second kappa shape index (κ2) is 6.53. The standard InChI is InChI=1S/C16H12O6/c17-14(9-10-5-1-2-6-11(10)15(18)19)22-13-8-4-3-7-12(13)16(20)21/h1-8H,9H2,(H,18,19)(H,20,21). The van der Waals surface area contributed by atoms with Gasteiger partial charge in [-0.25, -0.2) is 9.59 Å². The molecule has 0 spiro atoms. The first-order valence-corrected chi connectivity index (χ1v) is 6.33. The van der Waals surface area contributed by atoms with Gasteiger partial charge in [-0.15, -0.1) is 0 Å². The highest BCUT2D eigenvalue weighted by Crippen LogP contribution is 2.19. The lowest BCUT2D eigenvalue weighted by Crippen LogP contribution is -2.15. The minimum absolute atomic E-state index is 0.00553. The van der Waals surface area contributed by atoms with Gasteiger partial charge in [0.1, 0.15) is 11.3 Å². The summed E-state index contributed by atoms with van der Waals surface area (Å²) in [7, 11) is 0. The van der Waals surface area contributed by atoms with E-state index in [0.29, 0.717) is 5.56 Å². The van der Waals surface area contributed by atoms with Crippen molar-refractivity contribution < 1.29 is 29.3 Å². The Kier molecular flexibility index (Phi) is 4.53. The molecule has 0 saturated carbocycles. The summed E-state index contributed by atoms with van der Waals surface area (Å²) in [6.45, 7) is 0. The maximum atomic E-state index is 11.9. The largest absolute Gasteiger partial charge is 0.478 e. The van der Waals surface area contributed by atoms with E-state index in [2.05, 4.69) is 0 Å². The van der Waals surface area contributed by atoms with Crippen molar-refractivity contribution in [3.05, 3.63) is 65.2 Å². The Labute approximate surface area is 125 Å². The summed E-state index contributed by atoms with van der Waals surface area (Å²) < 4.78 is 5.03. The molecular weight excluding hydrogens is 288 g/mol. The van der Waals surface area contributed by atoms with Crippen LogP contribution in [0.25, 0.3) is 0 Å². The summed E-state index contributed by atoms with van der Waals surface area (Å²) in [6, 6.07) is 11.8. The van der Waals surface area contributed by atoms with Gasteiger partial charge in [0.25, 0.3) is 0 Å². The molecule has 22 heavy (non-hydrogen) atoms. The van der Waals surface area contributed by atoms with Crippen LogP contribution in [0.15, 0.2) is 48.5 Å². The number of esters is 1. The topological polar surface area (TPSA) is 101 Å². The molecule has 0 radical (unpaired) electrons. The van der Waals surface area contributed by atoms with E-state index in [4.69, 9.17) is 14.9 Å². The zero-order valence-corrected chi connectivity index (χ0v) is 11.4. The summed E-state index contributed by atoms with van der Waals surface area (Å²) in [5.41, 5.74) is 0.168. The zero-order valence-electron chi connectivity index (χ0n) is 11.4. The number of benzene rings is 2. The lowest BCUT2D eigenvalue weighted by molar-refractivity contribution is -0.133. The number of hydrogen-bond donors (Lipinski definition) is 2. The van der Waals surface area contributed by atoms with Crippen molar-refractivity contribution in [1.82, 2.24) is 0 Å². The molecule has 0 bridgehead atoms. The maximum absolute atomic E-state index is 11.9. The average molecular weight is 300 g/mol. The van der Waals surface area contributed by atoms with Crippen molar-refractivity contribution in [2.75, 3.05) is 0 Å². The van der Waals surface area contributed by atoms with Gasteiger partial charge >= 0.3 is 17.9 Å². The van der Waals surface area contributed by atoms with E-state index in [1.165, 1.54) is 30.3 Å². The summed E-state index contributed by atoms with van der Waals surface area (Å²) in [5.74, 6) is -3.17. The minimum atomic E-state index is -1.21. The van der Waals surface area contributed by atoms with Gasteiger partial charge in [0.2, 0.25) is 0 Å². The molecule has 112 valence electrons. The van der Waals surface area contributed by atoms with Crippen molar-refractivity contribution in [3.63, 3.8) is 0 Å². The van der Waals surface area contributed by atoms with E-state index in [-0.39, 0.29) is 23.3 Å². The van der Waals surface area contributed by atoms with Gasteiger partial charge in [0.15, 0.2) is 0 Å². The third-order valence-corrected chi connectivity index (χ3v) is 2.92. The third-order valence-electron chi connectivity index (χ3n) is 2.92. The molecule has 2 rings (SSSR count). The van der Waals surface area contributed by atoms with Crippen LogP contribution in [0.5, 0.6) is 5.75 Å². The van der Waals surface area contributed by atoms with E-state index in [1.54, 1.807) is 18.2 Å². The molecule has 0 aliphatic carbocycles. The van der Waals surface area contributed by atoms with Crippen molar-refractivity contribution >= 4 is 17.9 Å². The first kappa shape index (κ1) is 15.2. The van der Waals surface area contributed by atoms with Gasteiger partial charge in [-0.1, -0.05) is 30.3 Å². The van der Waals surface area contributed by atoms with Gasteiger partial charge in [-0.3, -0.25) is 4.79 Å². The maximum Gasteiger partial charge on any atom is 0.339 e. The fourth-order valence-corrected chi connectivity index (χ4v) is 1.93. The second-order valence-corrected chi connectivity index (χ2v) is 4.41. The van der Waals surface area contributed by atoms with E-state index in [0.717, 1.165) is 0 Å². The van der Waals surface area contributed by atoms with Crippen LogP contribution in [-0.2, 0) is 11.2 Å². The van der Waals surface area contributed by atoms with Crippen LogP contribution >= 0.6 is 0 Å². The fraction of sp³-hybridized carbons (Fsp3) is 0.0625. The van der Waals surface area contributed by atoms with Crippen molar-refractivity contribution in [1.29, 1.82) is 0 Å². The molecule has 2 aromatic rings. The fourth-order valence-electron chi connectivity index (χ4n) is 1.93. The van der Waals surface area contributed by atoms with Crippen LogP contribution < -0.4 is 4.74 Å². The zero-order chi connectivity index (χ0) is 16.1. The number of carbonyl (C=O) groups excluding carboxylic acids is 1. The monoisotopic (exact) mass is 300 g/mol. The molecule has 0 fully saturated rings. The van der Waals surface area contributed by atoms with Crippen molar-refractivity contribution in [2.45, 2.75) is 6.42 Å². The summed E-state index contributed by atoms with van der Waals surface area (Å²) in [4.78, 5) is 34.0. The highest BCUT2D eigenvalue weighted by molar-refractivity contribution is 5.93. The van der Waals surface area contributed by atoms with Gasteiger partial charge in [-0.05, 0) is 23.8 Å². The van der Waals surface area contributed by atoms with E-state index in [1.807, 2.05) is 0 Å². The van der Waals surface area contributed by atoms with Gasteiger partial charge < -0.3 is 14.9 Å². The predicted octanol–water partition coefficient (Wildman–Crippen LogP) is 2.23. The number of rotatable bonds is 5. The Hall–Kier alpha value is -3.15. The molecule has 6 nitrogen and oxygen atoms in total. The molecule has 0 unspecified atom stereocenters. The Morgan fingerprint density at radius 1 is 0.818 bits per heavy atom. The van der Waals surface area contributed by atoms with Gasteiger partial charge in [0.05, 0.1) is 12.0 Å². The van der Waals surface area contributed by atoms with Crippen molar-refractivity contribution in [3.8, 4) is 5.75 Å². The Balaban J connectivity index is 2.18. The quantitative estimate of drug-likeness (QED) is 0.648. The highest BCUT2D eigenvalue weighted by atomic mass is 16.5. The molecule has 6 heteroatoms. The molecule has 0 aromatic heterocycles. The number of para-hydroxylation sites is 1. The van der Waals surface area contributed by atoms with Crippen LogP contribution in [0.2, 0.25) is 0 Å². The van der Waals surface area contributed by atoms with E-state index >= 15 is 0 Å². The summed E-state index contributed by atoms with van der Waals surface area (Å²) in [6.07, 6.45) is -0.267. The van der Waals surface area contributed by atoms with E-state index < -0.39 is 17.9 Å². The number of hydrogen-bond acceptors (Lipinski definition) is 4. The SMILES string of the molecule is O=C(Cc1ccccc1C(=O)O)Oc1ccccc1C(=O)O. The van der Waals surface area contributed by atoms with Gasteiger partial charge in [-0.2, -0.15) is 0 Å². The molecule has 0 aliphatic rings. The molecule has 0 aliphatic heterocycles. The van der Waals surface area contributed by atoms with Crippen LogP contribution in [0.1, 0.15) is 26.3 Å². The van der Waals surface area contributed by atoms with Crippen LogP contribution in [-0.4, -0.2) is 28.1 Å². The summed E-state index contributed by atoms with van der Waals surface area (Å²) >= 11 is 0. The van der Waals surface area contributed by atoms with Crippen molar-refractivity contribution in [2.24, 2.45) is 0 Å². The summed E-state index contributed by atoms with van der Waals surface area (Å²) in [5, 5.41) is 18.1. The molecule has 0 atom stereocenters. The lowest BCUT2D eigenvalue weighted by atomic mass is 10.0. The number of aromatic carboxylic acids is 2. The predicted molar refractivity (Wildman–Crippen MR) is 76.1 cm³/mol. The first-order chi connectivity index (χ1) is 10.5. The normalized spacial score (nSPS) is 10.0. The number of carboxylic acids is 2. The Morgan fingerprint density at radius 3 is 2.00 bits per heavy atom. The molecule has 2 aromatic carbocycles. The van der Waals surface area contributed by atoms with Crippen LogP contribution in [0.4, 0.5) is 0 Å². The first-order valence-electron chi connectivity index (χ1n) is 6.33. The third kappa shape index (κ3) is 3.49. The Morgan fingerprint density at radius 2 is 1.36 bits per heavy atom. The second-order valence-electron chi connectivity index (χ2n) is 4.41. The minimum Gasteiger partial charge on any atom is -0.478 e. The lowest BCUT2D eigenvalue weighted by Gasteiger charge is -2.08. The Bertz CT molecular complexity index is 673. The smallest absolute Gasteiger partial charge is 0.339 e. The molecule has 0 saturated heterocycles. The molecule has 0 amide bonds. The van der Waals surface area contributed by atoms with Gasteiger partial charge in [0, 0.05) is 0 Å². The number of ether oxygens (including phenoxy) is 1. The number of carbonyl (C=O) groups is 3. The molecule has 0 heterocycles.